The Labute approximate surface area is 118 Å². The van der Waals surface area contributed by atoms with E-state index in [9.17, 15) is 9.59 Å². The molecule has 1 aromatic rings. The van der Waals surface area contributed by atoms with E-state index in [1.807, 2.05) is 0 Å². The predicted octanol–water partition coefficient (Wildman–Crippen LogP) is 3.86. The van der Waals surface area contributed by atoms with Gasteiger partial charge in [-0.2, -0.15) is 0 Å². The van der Waals surface area contributed by atoms with E-state index >= 15 is 0 Å². The first-order valence-corrected chi connectivity index (χ1v) is 6.62. The summed E-state index contributed by atoms with van der Waals surface area (Å²) in [5.41, 5.74) is 0. The highest BCUT2D eigenvalue weighted by atomic mass is 79.9. The maximum Gasteiger partial charge on any atom is 0.318 e. The fraction of sp³-hybridized carbons (Fsp3) is 0.200. The summed E-state index contributed by atoms with van der Waals surface area (Å²) in [6, 6.07) is 3.40. The fourth-order valence-corrected chi connectivity index (χ4v) is 2.34. The zero-order valence-corrected chi connectivity index (χ0v) is 13.0. The molecule has 0 amide bonds. The predicted molar refractivity (Wildman–Crippen MR) is 70.5 cm³/mol. The summed E-state index contributed by atoms with van der Waals surface area (Å²) in [6.45, 7) is 1.34. The van der Waals surface area contributed by atoms with Crippen molar-refractivity contribution in [3.8, 4) is 5.75 Å². The number of halogens is 3. The van der Waals surface area contributed by atoms with Crippen molar-refractivity contribution in [1.82, 2.24) is 0 Å². The van der Waals surface area contributed by atoms with E-state index in [2.05, 4.69) is 47.8 Å². The van der Waals surface area contributed by atoms with Crippen molar-refractivity contribution < 1.29 is 14.3 Å². The Balaban J connectivity index is 2.85. The van der Waals surface area contributed by atoms with E-state index < -0.39 is 5.97 Å². The van der Waals surface area contributed by atoms with Crippen LogP contribution in [0.2, 0.25) is 0 Å². The van der Waals surface area contributed by atoms with Gasteiger partial charge in [0.15, 0.2) is 0 Å². The van der Waals surface area contributed by atoms with Crippen LogP contribution in [0.4, 0.5) is 0 Å². The SMILES string of the molecule is CC(=O)CC(=O)Oc1cc(Br)c(Br)cc1Br. The number of carbonyl (C=O) groups excluding carboxylic acids is 2. The molecule has 0 aliphatic heterocycles. The lowest BCUT2D eigenvalue weighted by Gasteiger charge is -2.07. The van der Waals surface area contributed by atoms with Gasteiger partial charge in [-0.15, -0.1) is 0 Å². The highest BCUT2D eigenvalue weighted by molar-refractivity contribution is 9.13. The number of Topliss-reactive ketones (excluding diaryl/α,β-unsaturated/α-hetero) is 1. The van der Waals surface area contributed by atoms with Gasteiger partial charge in [0.2, 0.25) is 0 Å². The molecule has 0 radical (unpaired) electrons. The normalized spacial score (nSPS) is 10.0. The largest absolute Gasteiger partial charge is 0.425 e. The lowest BCUT2D eigenvalue weighted by atomic mass is 10.3. The maximum absolute atomic E-state index is 11.3. The van der Waals surface area contributed by atoms with Gasteiger partial charge in [0.1, 0.15) is 18.0 Å². The average Bonchev–Trinajstić information content (AvgIpc) is 2.12. The number of carbonyl (C=O) groups is 2. The van der Waals surface area contributed by atoms with Crippen molar-refractivity contribution in [2.75, 3.05) is 0 Å². The lowest BCUT2D eigenvalue weighted by Crippen LogP contribution is -2.12. The molecule has 0 saturated carbocycles. The molecule has 1 rings (SSSR count). The molecule has 0 N–H and O–H groups in total. The van der Waals surface area contributed by atoms with Crippen LogP contribution in [-0.2, 0) is 9.59 Å². The van der Waals surface area contributed by atoms with Crippen LogP contribution in [0.5, 0.6) is 5.75 Å². The molecule has 6 heteroatoms. The average molecular weight is 415 g/mol. The smallest absolute Gasteiger partial charge is 0.318 e. The Hall–Kier alpha value is -0.200. The molecule has 0 saturated heterocycles. The van der Waals surface area contributed by atoms with Gasteiger partial charge < -0.3 is 4.74 Å². The van der Waals surface area contributed by atoms with Crippen LogP contribution in [0.1, 0.15) is 13.3 Å². The molecule has 0 aromatic heterocycles. The van der Waals surface area contributed by atoms with Gasteiger partial charge in [-0.3, -0.25) is 9.59 Å². The number of hydrogen-bond donors (Lipinski definition) is 0. The third-order valence-electron chi connectivity index (χ3n) is 1.59. The zero-order valence-electron chi connectivity index (χ0n) is 8.22. The summed E-state index contributed by atoms with van der Waals surface area (Å²) in [4.78, 5) is 22.0. The number of ketones is 1. The first-order valence-electron chi connectivity index (χ1n) is 4.25. The second-order valence-corrected chi connectivity index (χ2v) is 5.61. The third kappa shape index (κ3) is 3.99. The van der Waals surface area contributed by atoms with Gasteiger partial charge in [-0.25, -0.2) is 0 Å². The van der Waals surface area contributed by atoms with Gasteiger partial charge >= 0.3 is 5.97 Å². The molecular formula is C10H7Br3O3. The van der Waals surface area contributed by atoms with Crippen LogP contribution in [0.3, 0.4) is 0 Å². The number of rotatable bonds is 3. The Morgan fingerprint density at radius 2 is 1.69 bits per heavy atom. The van der Waals surface area contributed by atoms with Crippen LogP contribution in [0.25, 0.3) is 0 Å². The summed E-state index contributed by atoms with van der Waals surface area (Å²) >= 11 is 9.87. The number of benzene rings is 1. The molecule has 0 spiro atoms. The summed E-state index contributed by atoms with van der Waals surface area (Å²) in [7, 11) is 0. The molecule has 0 heterocycles. The van der Waals surface area contributed by atoms with Crippen molar-refractivity contribution in [2.24, 2.45) is 0 Å². The monoisotopic (exact) mass is 412 g/mol. The number of esters is 1. The Morgan fingerprint density at radius 1 is 1.12 bits per heavy atom. The Kier molecular flexibility index (Phi) is 5.14. The molecule has 1 aromatic carbocycles. The molecule has 16 heavy (non-hydrogen) atoms. The van der Waals surface area contributed by atoms with Crippen molar-refractivity contribution >= 4 is 59.5 Å². The van der Waals surface area contributed by atoms with Crippen LogP contribution < -0.4 is 4.74 Å². The third-order valence-corrected chi connectivity index (χ3v) is 4.06. The van der Waals surface area contributed by atoms with E-state index in [0.717, 1.165) is 8.95 Å². The van der Waals surface area contributed by atoms with E-state index in [0.29, 0.717) is 10.2 Å². The molecule has 0 atom stereocenters. The Bertz CT molecular complexity index is 443. The van der Waals surface area contributed by atoms with Gasteiger partial charge in [-0.05, 0) is 66.8 Å². The minimum absolute atomic E-state index is 0.222. The standard InChI is InChI=1S/C10H7Br3O3/c1-5(14)2-10(15)16-9-4-7(12)6(11)3-8(9)13/h3-4H,2H2,1H3. The molecule has 0 aliphatic carbocycles. The number of ether oxygens (including phenoxy) is 1. The van der Waals surface area contributed by atoms with Crippen LogP contribution in [-0.4, -0.2) is 11.8 Å². The second kappa shape index (κ2) is 5.93. The highest BCUT2D eigenvalue weighted by Crippen LogP contribution is 2.34. The molecule has 0 fully saturated rings. The minimum atomic E-state index is -0.567. The topological polar surface area (TPSA) is 43.4 Å². The molecule has 3 nitrogen and oxygen atoms in total. The van der Waals surface area contributed by atoms with Crippen molar-refractivity contribution in [1.29, 1.82) is 0 Å². The fourth-order valence-electron chi connectivity index (χ4n) is 0.945. The maximum atomic E-state index is 11.3. The van der Waals surface area contributed by atoms with Gasteiger partial charge in [0, 0.05) is 8.95 Å². The van der Waals surface area contributed by atoms with Crippen LogP contribution in [0.15, 0.2) is 25.6 Å². The second-order valence-electron chi connectivity index (χ2n) is 3.05. The van der Waals surface area contributed by atoms with Crippen molar-refractivity contribution in [2.45, 2.75) is 13.3 Å². The molecule has 0 unspecified atom stereocenters. The van der Waals surface area contributed by atoms with E-state index in [4.69, 9.17) is 4.74 Å². The summed E-state index contributed by atoms with van der Waals surface area (Å²) in [6.07, 6.45) is -0.222. The lowest BCUT2D eigenvalue weighted by molar-refractivity contribution is -0.137. The molecule has 0 aliphatic rings. The Morgan fingerprint density at radius 3 is 2.25 bits per heavy atom. The van der Waals surface area contributed by atoms with Gasteiger partial charge in [-0.1, -0.05) is 0 Å². The summed E-state index contributed by atoms with van der Waals surface area (Å²) in [5, 5.41) is 0. The first-order chi connectivity index (χ1) is 7.40. The highest BCUT2D eigenvalue weighted by Gasteiger charge is 2.12. The number of hydrogen-bond acceptors (Lipinski definition) is 3. The van der Waals surface area contributed by atoms with Crippen molar-refractivity contribution in [3.05, 3.63) is 25.6 Å². The summed E-state index contributed by atoms with van der Waals surface area (Å²) in [5.74, 6) is -0.416. The summed E-state index contributed by atoms with van der Waals surface area (Å²) < 4.78 is 7.28. The van der Waals surface area contributed by atoms with Crippen molar-refractivity contribution in [3.63, 3.8) is 0 Å². The van der Waals surface area contributed by atoms with Gasteiger partial charge in [0.25, 0.3) is 0 Å². The quantitative estimate of drug-likeness (QED) is 0.326. The van der Waals surface area contributed by atoms with Crippen LogP contribution in [0, 0.1) is 0 Å². The molecule has 0 bridgehead atoms. The minimum Gasteiger partial charge on any atom is -0.425 e. The zero-order chi connectivity index (χ0) is 12.3. The molecular weight excluding hydrogens is 408 g/mol. The van der Waals surface area contributed by atoms with E-state index in [-0.39, 0.29) is 12.2 Å². The van der Waals surface area contributed by atoms with E-state index in [1.165, 1.54) is 6.92 Å². The first kappa shape index (κ1) is 13.9. The van der Waals surface area contributed by atoms with Gasteiger partial charge in [0.05, 0.1) is 4.47 Å². The molecule has 86 valence electrons. The van der Waals surface area contributed by atoms with Crippen LogP contribution >= 0.6 is 47.8 Å². The van der Waals surface area contributed by atoms with E-state index in [1.54, 1.807) is 12.1 Å².